The molecule has 1 unspecified atom stereocenters. The topological polar surface area (TPSA) is 57.4 Å². The smallest absolute Gasteiger partial charge is 0.231 e. The Morgan fingerprint density at radius 2 is 2.25 bits per heavy atom. The first-order chi connectivity index (χ1) is 9.72. The molecule has 2 fully saturated rings. The van der Waals surface area contributed by atoms with Crippen molar-refractivity contribution < 1.29 is 4.52 Å². The summed E-state index contributed by atoms with van der Waals surface area (Å²) >= 11 is 0. The molecule has 0 amide bonds. The number of nitrogens with one attached hydrogen (secondary N) is 1. The summed E-state index contributed by atoms with van der Waals surface area (Å²) in [6.07, 6.45) is 3.23. The lowest BCUT2D eigenvalue weighted by Crippen LogP contribution is -2.50. The van der Waals surface area contributed by atoms with E-state index in [-0.39, 0.29) is 0 Å². The van der Waals surface area contributed by atoms with Crippen LogP contribution in [-0.2, 0) is 6.42 Å². The van der Waals surface area contributed by atoms with Gasteiger partial charge in [-0.25, -0.2) is 0 Å². The van der Waals surface area contributed by atoms with Crippen molar-refractivity contribution in [2.45, 2.75) is 31.2 Å². The van der Waals surface area contributed by atoms with E-state index in [2.05, 4.69) is 39.4 Å². The van der Waals surface area contributed by atoms with E-state index in [4.69, 9.17) is 4.52 Å². The Kier molecular flexibility index (Phi) is 4.33. The molecule has 2 atom stereocenters. The van der Waals surface area contributed by atoms with E-state index in [1.165, 1.54) is 6.42 Å². The lowest BCUT2D eigenvalue weighted by Gasteiger charge is -2.37. The predicted octanol–water partition coefficient (Wildman–Crippen LogP) is 0.325. The largest absolute Gasteiger partial charge is 0.339 e. The first kappa shape index (κ1) is 14.0. The maximum atomic E-state index is 5.47. The summed E-state index contributed by atoms with van der Waals surface area (Å²) in [4.78, 5) is 9.40. The summed E-state index contributed by atoms with van der Waals surface area (Å²) < 4.78 is 5.47. The molecular formula is C14H25N5O. The van der Waals surface area contributed by atoms with Crippen molar-refractivity contribution in [3.05, 3.63) is 11.7 Å². The second-order valence-corrected chi connectivity index (χ2v) is 6.19. The lowest BCUT2D eigenvalue weighted by molar-refractivity contribution is 0.113. The Bertz CT molecular complexity index is 429. The van der Waals surface area contributed by atoms with Gasteiger partial charge in [-0.05, 0) is 33.5 Å². The second-order valence-electron chi connectivity index (χ2n) is 6.19. The third-order valence-electron chi connectivity index (χ3n) is 4.53. The van der Waals surface area contributed by atoms with Crippen LogP contribution in [0, 0.1) is 0 Å². The van der Waals surface area contributed by atoms with Crippen LogP contribution in [0.2, 0.25) is 0 Å². The van der Waals surface area contributed by atoms with Crippen LogP contribution in [0.5, 0.6) is 0 Å². The molecule has 6 nitrogen and oxygen atoms in total. The fourth-order valence-corrected chi connectivity index (χ4v) is 3.11. The van der Waals surface area contributed by atoms with E-state index >= 15 is 0 Å². The number of likely N-dealkylation sites (N-methyl/N-ethyl adjacent to an activating group) is 2. The fourth-order valence-electron chi connectivity index (χ4n) is 3.11. The number of hydrogen-bond acceptors (Lipinski definition) is 6. The van der Waals surface area contributed by atoms with Gasteiger partial charge in [0, 0.05) is 38.6 Å². The number of piperazine rings is 1. The fraction of sp³-hybridized carbons (Fsp3) is 0.857. The van der Waals surface area contributed by atoms with Gasteiger partial charge in [-0.15, -0.1) is 0 Å². The summed E-state index contributed by atoms with van der Waals surface area (Å²) in [5.41, 5.74) is 0. The molecule has 2 saturated heterocycles. The first-order valence-corrected chi connectivity index (χ1v) is 7.64. The van der Waals surface area contributed by atoms with Gasteiger partial charge in [0.15, 0.2) is 5.82 Å². The standard InChI is InChI=1S/C14H25N5O/c1-18-6-7-19(2)12(10-18)8-13-16-14(20-17-13)11-4-3-5-15-9-11/h11-12,15H,3-10H2,1-2H3/t11-,12?/m0/s1. The van der Waals surface area contributed by atoms with Crippen molar-refractivity contribution >= 4 is 0 Å². The summed E-state index contributed by atoms with van der Waals surface area (Å²) in [6.45, 7) is 5.40. The van der Waals surface area contributed by atoms with Crippen molar-refractivity contribution in [2.24, 2.45) is 0 Å². The molecule has 0 radical (unpaired) electrons. The van der Waals surface area contributed by atoms with Crippen LogP contribution in [0.1, 0.15) is 30.5 Å². The lowest BCUT2D eigenvalue weighted by atomic mass is 10.00. The average molecular weight is 279 g/mol. The highest BCUT2D eigenvalue weighted by Gasteiger charge is 2.26. The van der Waals surface area contributed by atoms with Crippen LogP contribution in [0.15, 0.2) is 4.52 Å². The molecule has 0 aromatic carbocycles. The Hall–Kier alpha value is -0.980. The third-order valence-corrected chi connectivity index (χ3v) is 4.53. The molecule has 0 spiro atoms. The van der Waals surface area contributed by atoms with Crippen molar-refractivity contribution in [1.82, 2.24) is 25.3 Å². The number of rotatable bonds is 3. The Morgan fingerprint density at radius 1 is 1.35 bits per heavy atom. The molecule has 3 rings (SSSR count). The van der Waals surface area contributed by atoms with E-state index < -0.39 is 0 Å². The number of nitrogens with zero attached hydrogens (tertiary/aromatic N) is 4. The van der Waals surface area contributed by atoms with Crippen molar-refractivity contribution in [1.29, 1.82) is 0 Å². The SMILES string of the molecule is CN1CCN(C)C(Cc2noc([C@H]3CCCNC3)n2)C1. The molecule has 0 bridgehead atoms. The Labute approximate surface area is 120 Å². The molecule has 3 heterocycles. The van der Waals surface area contributed by atoms with Crippen LogP contribution >= 0.6 is 0 Å². The van der Waals surface area contributed by atoms with E-state index in [1.807, 2.05) is 0 Å². The summed E-state index contributed by atoms with van der Waals surface area (Å²) in [7, 11) is 4.36. The molecule has 0 saturated carbocycles. The minimum atomic E-state index is 0.400. The van der Waals surface area contributed by atoms with Gasteiger partial charge < -0.3 is 19.6 Å². The zero-order valence-electron chi connectivity index (χ0n) is 12.5. The first-order valence-electron chi connectivity index (χ1n) is 7.64. The van der Waals surface area contributed by atoms with Crippen LogP contribution in [0.25, 0.3) is 0 Å². The molecule has 2 aliphatic rings. The maximum absolute atomic E-state index is 5.47. The van der Waals surface area contributed by atoms with E-state index in [0.717, 1.165) is 57.3 Å². The number of aromatic nitrogens is 2. The van der Waals surface area contributed by atoms with Gasteiger partial charge in [0.1, 0.15) is 0 Å². The molecule has 0 aliphatic carbocycles. The van der Waals surface area contributed by atoms with Crippen molar-refractivity contribution in [3.8, 4) is 0 Å². The summed E-state index contributed by atoms with van der Waals surface area (Å²) in [5, 5.41) is 7.58. The Morgan fingerprint density at radius 3 is 3.05 bits per heavy atom. The second kappa shape index (κ2) is 6.20. The highest BCUT2D eigenvalue weighted by atomic mass is 16.5. The highest BCUT2D eigenvalue weighted by molar-refractivity contribution is 4.99. The van der Waals surface area contributed by atoms with Gasteiger partial charge in [-0.2, -0.15) is 4.98 Å². The molecule has 112 valence electrons. The Balaban J connectivity index is 1.61. The van der Waals surface area contributed by atoms with Gasteiger partial charge in [0.2, 0.25) is 5.89 Å². The van der Waals surface area contributed by atoms with Crippen molar-refractivity contribution in [2.75, 3.05) is 46.8 Å². The van der Waals surface area contributed by atoms with Crippen LogP contribution in [-0.4, -0.2) is 72.8 Å². The molecule has 20 heavy (non-hydrogen) atoms. The van der Waals surface area contributed by atoms with Gasteiger partial charge >= 0.3 is 0 Å². The minimum Gasteiger partial charge on any atom is -0.339 e. The van der Waals surface area contributed by atoms with Crippen LogP contribution in [0.4, 0.5) is 0 Å². The molecule has 6 heteroatoms. The molecule has 1 aromatic heterocycles. The minimum absolute atomic E-state index is 0.400. The average Bonchev–Trinajstić information content (AvgIpc) is 2.92. The molecular weight excluding hydrogens is 254 g/mol. The number of hydrogen-bond donors (Lipinski definition) is 1. The van der Waals surface area contributed by atoms with Gasteiger partial charge in [-0.1, -0.05) is 5.16 Å². The zero-order valence-corrected chi connectivity index (χ0v) is 12.5. The molecule has 1 aromatic rings. The van der Waals surface area contributed by atoms with E-state index in [1.54, 1.807) is 0 Å². The summed E-state index contributed by atoms with van der Waals surface area (Å²) in [6, 6.07) is 0.490. The highest BCUT2D eigenvalue weighted by Crippen LogP contribution is 2.22. The zero-order chi connectivity index (χ0) is 13.9. The van der Waals surface area contributed by atoms with Crippen LogP contribution < -0.4 is 5.32 Å². The maximum Gasteiger partial charge on any atom is 0.231 e. The third kappa shape index (κ3) is 3.19. The van der Waals surface area contributed by atoms with Gasteiger partial charge in [-0.3, -0.25) is 0 Å². The van der Waals surface area contributed by atoms with Gasteiger partial charge in [0.05, 0.1) is 5.92 Å². The monoisotopic (exact) mass is 279 g/mol. The quantitative estimate of drug-likeness (QED) is 0.860. The predicted molar refractivity (Wildman–Crippen MR) is 76.8 cm³/mol. The molecule has 1 N–H and O–H groups in total. The van der Waals surface area contributed by atoms with Crippen LogP contribution in [0.3, 0.4) is 0 Å². The van der Waals surface area contributed by atoms with Crippen molar-refractivity contribution in [3.63, 3.8) is 0 Å². The normalized spacial score (nSPS) is 29.7. The van der Waals surface area contributed by atoms with E-state index in [0.29, 0.717) is 12.0 Å². The molecule has 2 aliphatic heterocycles. The summed E-state index contributed by atoms with van der Waals surface area (Å²) in [5.74, 6) is 2.08. The van der Waals surface area contributed by atoms with E-state index in [9.17, 15) is 0 Å². The van der Waals surface area contributed by atoms with Gasteiger partial charge in [0.25, 0.3) is 0 Å². The number of piperidine rings is 1.